The Morgan fingerprint density at radius 2 is 1.90 bits per heavy atom. The van der Waals surface area contributed by atoms with Crippen LogP contribution in [-0.2, 0) is 9.59 Å². The van der Waals surface area contributed by atoms with Gasteiger partial charge in [0.25, 0.3) is 5.91 Å². The zero-order chi connectivity index (χ0) is 15.4. The average molecular weight is 290 g/mol. The van der Waals surface area contributed by atoms with Gasteiger partial charge in [-0.05, 0) is 38.0 Å². The van der Waals surface area contributed by atoms with Crippen molar-refractivity contribution in [1.29, 1.82) is 0 Å². The fraction of sp³-hybridized carbons (Fsp3) is 0.500. The van der Waals surface area contributed by atoms with Crippen molar-refractivity contribution in [2.24, 2.45) is 0 Å². The number of aryl methyl sites for hydroxylation is 1. The number of benzene rings is 1. The molecular formula is C16H22N2O3. The molecule has 0 N–H and O–H groups in total. The van der Waals surface area contributed by atoms with E-state index in [1.807, 2.05) is 32.0 Å². The molecule has 21 heavy (non-hydrogen) atoms. The normalized spacial score (nSPS) is 16.5. The van der Waals surface area contributed by atoms with E-state index in [-0.39, 0.29) is 5.91 Å². The molecule has 2 rings (SSSR count). The van der Waals surface area contributed by atoms with E-state index in [1.165, 1.54) is 0 Å². The second-order valence-electron chi connectivity index (χ2n) is 5.42. The fourth-order valence-electron chi connectivity index (χ4n) is 2.40. The highest BCUT2D eigenvalue weighted by Gasteiger charge is 2.25. The molecule has 0 radical (unpaired) electrons. The topological polar surface area (TPSA) is 49.9 Å². The summed E-state index contributed by atoms with van der Waals surface area (Å²) < 4.78 is 5.82. The van der Waals surface area contributed by atoms with Crippen LogP contribution in [0, 0.1) is 13.8 Å². The molecule has 1 saturated heterocycles. The lowest BCUT2D eigenvalue weighted by atomic mass is 10.1. The highest BCUT2D eigenvalue weighted by molar-refractivity contribution is 5.81. The van der Waals surface area contributed by atoms with Crippen LogP contribution < -0.4 is 4.74 Å². The van der Waals surface area contributed by atoms with E-state index in [0.717, 1.165) is 23.3 Å². The second kappa shape index (κ2) is 6.61. The molecule has 1 heterocycles. The van der Waals surface area contributed by atoms with Crippen LogP contribution in [0.1, 0.15) is 18.1 Å². The minimum atomic E-state index is -0.520. The Morgan fingerprint density at radius 1 is 1.24 bits per heavy atom. The van der Waals surface area contributed by atoms with Gasteiger partial charge in [-0.25, -0.2) is 0 Å². The van der Waals surface area contributed by atoms with Crippen molar-refractivity contribution < 1.29 is 14.3 Å². The van der Waals surface area contributed by atoms with Gasteiger partial charge in [0, 0.05) is 26.2 Å². The Balaban J connectivity index is 1.97. The number of rotatable bonds is 4. The van der Waals surface area contributed by atoms with E-state index in [0.29, 0.717) is 26.2 Å². The van der Waals surface area contributed by atoms with Gasteiger partial charge in [0.15, 0.2) is 6.10 Å². The first-order valence-electron chi connectivity index (χ1n) is 7.24. The van der Waals surface area contributed by atoms with Gasteiger partial charge in [-0.1, -0.05) is 12.1 Å². The Kier molecular flexibility index (Phi) is 4.83. The van der Waals surface area contributed by atoms with Crippen molar-refractivity contribution in [1.82, 2.24) is 9.80 Å². The van der Waals surface area contributed by atoms with Gasteiger partial charge in [-0.15, -0.1) is 0 Å². The molecule has 1 aliphatic heterocycles. The Morgan fingerprint density at radius 3 is 2.52 bits per heavy atom. The largest absolute Gasteiger partial charge is 0.481 e. The molecule has 1 atom stereocenters. The molecular weight excluding hydrogens is 268 g/mol. The molecule has 0 saturated carbocycles. The van der Waals surface area contributed by atoms with Gasteiger partial charge >= 0.3 is 0 Å². The summed E-state index contributed by atoms with van der Waals surface area (Å²) in [5.74, 6) is 0.726. The van der Waals surface area contributed by atoms with Gasteiger partial charge in [0.2, 0.25) is 6.41 Å². The summed E-state index contributed by atoms with van der Waals surface area (Å²) >= 11 is 0. The molecule has 1 aromatic rings. The van der Waals surface area contributed by atoms with Crippen molar-refractivity contribution in [3.05, 3.63) is 29.3 Å². The fourth-order valence-corrected chi connectivity index (χ4v) is 2.40. The minimum Gasteiger partial charge on any atom is -0.481 e. The van der Waals surface area contributed by atoms with E-state index >= 15 is 0 Å². The summed E-state index contributed by atoms with van der Waals surface area (Å²) in [4.78, 5) is 26.5. The van der Waals surface area contributed by atoms with Crippen LogP contribution in [0.4, 0.5) is 0 Å². The monoisotopic (exact) mass is 290 g/mol. The summed E-state index contributed by atoms with van der Waals surface area (Å²) in [5.41, 5.74) is 2.20. The third-order valence-electron chi connectivity index (χ3n) is 3.98. The zero-order valence-corrected chi connectivity index (χ0v) is 12.8. The lowest BCUT2D eigenvalue weighted by molar-refractivity contribution is -0.141. The first-order valence-corrected chi connectivity index (χ1v) is 7.24. The molecule has 1 fully saturated rings. The van der Waals surface area contributed by atoms with Crippen LogP contribution in [0.2, 0.25) is 0 Å². The second-order valence-corrected chi connectivity index (χ2v) is 5.42. The van der Waals surface area contributed by atoms with E-state index in [1.54, 1.807) is 16.7 Å². The predicted octanol–water partition coefficient (Wildman–Crippen LogP) is 1.37. The number of ether oxygens (including phenoxy) is 1. The maximum Gasteiger partial charge on any atom is 0.263 e. The van der Waals surface area contributed by atoms with Crippen molar-refractivity contribution in [3.8, 4) is 5.75 Å². The third-order valence-corrected chi connectivity index (χ3v) is 3.98. The van der Waals surface area contributed by atoms with Gasteiger partial charge < -0.3 is 14.5 Å². The van der Waals surface area contributed by atoms with Gasteiger partial charge in [0.1, 0.15) is 5.75 Å². The van der Waals surface area contributed by atoms with E-state index < -0.39 is 6.10 Å². The molecule has 0 spiro atoms. The number of carbonyl (C=O) groups is 2. The van der Waals surface area contributed by atoms with E-state index in [9.17, 15) is 9.59 Å². The van der Waals surface area contributed by atoms with E-state index in [4.69, 9.17) is 4.74 Å². The molecule has 114 valence electrons. The summed E-state index contributed by atoms with van der Waals surface area (Å²) in [6, 6.07) is 5.83. The standard InChI is InChI=1S/C16H22N2O3/c1-12-5-4-6-15(13(12)2)21-14(3)16(20)18-9-7-17(11-19)8-10-18/h4-6,11,14H,7-10H2,1-3H3/t14-/m1/s1. The van der Waals surface area contributed by atoms with Gasteiger partial charge in [-0.2, -0.15) is 0 Å². The lowest BCUT2D eigenvalue weighted by Gasteiger charge is -2.34. The third kappa shape index (κ3) is 3.54. The van der Waals surface area contributed by atoms with Crippen LogP contribution in [0.15, 0.2) is 18.2 Å². The smallest absolute Gasteiger partial charge is 0.263 e. The molecule has 1 aromatic carbocycles. The van der Waals surface area contributed by atoms with Crippen LogP contribution in [0.5, 0.6) is 5.75 Å². The average Bonchev–Trinajstić information content (AvgIpc) is 2.51. The summed E-state index contributed by atoms with van der Waals surface area (Å²) in [5, 5.41) is 0. The highest BCUT2D eigenvalue weighted by Crippen LogP contribution is 2.22. The number of hydrogen-bond donors (Lipinski definition) is 0. The number of amides is 2. The SMILES string of the molecule is Cc1cccc(O[C@H](C)C(=O)N2CCN(C=O)CC2)c1C. The van der Waals surface area contributed by atoms with Crippen molar-refractivity contribution >= 4 is 12.3 Å². The first-order chi connectivity index (χ1) is 10.0. The molecule has 1 aliphatic rings. The quantitative estimate of drug-likeness (QED) is 0.787. The summed E-state index contributed by atoms with van der Waals surface area (Å²) in [6.07, 6.45) is 0.311. The van der Waals surface area contributed by atoms with Crippen molar-refractivity contribution in [2.75, 3.05) is 26.2 Å². The molecule has 0 bridgehead atoms. The van der Waals surface area contributed by atoms with Gasteiger partial charge in [0.05, 0.1) is 0 Å². The lowest BCUT2D eigenvalue weighted by Crippen LogP contribution is -2.51. The first kappa shape index (κ1) is 15.4. The maximum atomic E-state index is 12.4. The maximum absolute atomic E-state index is 12.4. The zero-order valence-electron chi connectivity index (χ0n) is 12.8. The summed E-state index contributed by atoms with van der Waals surface area (Å²) in [6.45, 7) is 8.10. The van der Waals surface area contributed by atoms with Crippen LogP contribution in [-0.4, -0.2) is 54.4 Å². The Hall–Kier alpha value is -2.04. The molecule has 0 aromatic heterocycles. The number of carbonyl (C=O) groups excluding carboxylic acids is 2. The number of hydrogen-bond acceptors (Lipinski definition) is 3. The summed E-state index contributed by atoms with van der Waals surface area (Å²) in [7, 11) is 0. The highest BCUT2D eigenvalue weighted by atomic mass is 16.5. The van der Waals surface area contributed by atoms with Gasteiger partial charge in [-0.3, -0.25) is 9.59 Å². The molecule has 5 heteroatoms. The van der Waals surface area contributed by atoms with Crippen LogP contribution in [0.3, 0.4) is 0 Å². The molecule has 2 amide bonds. The molecule has 0 unspecified atom stereocenters. The van der Waals surface area contributed by atoms with E-state index in [2.05, 4.69) is 0 Å². The van der Waals surface area contributed by atoms with Crippen LogP contribution >= 0.6 is 0 Å². The number of nitrogens with zero attached hydrogens (tertiary/aromatic N) is 2. The Bertz CT molecular complexity index is 522. The molecule has 5 nitrogen and oxygen atoms in total. The molecule has 0 aliphatic carbocycles. The van der Waals surface area contributed by atoms with Crippen molar-refractivity contribution in [2.45, 2.75) is 26.9 Å². The predicted molar refractivity (Wildman–Crippen MR) is 80.2 cm³/mol. The van der Waals surface area contributed by atoms with Crippen molar-refractivity contribution in [3.63, 3.8) is 0 Å². The minimum absolute atomic E-state index is 0.0264. The Labute approximate surface area is 125 Å². The van der Waals surface area contributed by atoms with Crippen LogP contribution in [0.25, 0.3) is 0 Å². The number of piperazine rings is 1.